The molecule has 0 radical (unpaired) electrons. The average molecular weight is 304 g/mol. The highest BCUT2D eigenvalue weighted by Gasteiger charge is 2.26. The fraction of sp³-hybridized carbons (Fsp3) is 0.636. The average Bonchev–Trinajstić information content (AvgIpc) is 3.10. The predicted molar refractivity (Wildman–Crippen MR) is 72.7 cm³/mol. The number of carbonyl (C=O) groups excluding carboxylic acids is 1. The van der Waals surface area contributed by atoms with Crippen LogP contribution < -0.4 is 4.72 Å². The van der Waals surface area contributed by atoms with Gasteiger partial charge in [0.1, 0.15) is 0 Å². The van der Waals surface area contributed by atoms with E-state index in [0.717, 1.165) is 18.5 Å². The first-order valence-corrected chi connectivity index (χ1v) is 8.56. The summed E-state index contributed by atoms with van der Waals surface area (Å²) in [5, 5.41) is 2.30. The summed E-state index contributed by atoms with van der Waals surface area (Å²) >= 11 is 1.30. The first kappa shape index (κ1) is 14.3. The summed E-state index contributed by atoms with van der Waals surface area (Å²) < 4.78 is 30.4. The molecule has 2 rings (SSSR count). The van der Waals surface area contributed by atoms with Gasteiger partial charge in [-0.05, 0) is 19.3 Å². The highest BCUT2D eigenvalue weighted by atomic mass is 32.2. The lowest BCUT2D eigenvalue weighted by Gasteiger charge is -2.04. The van der Waals surface area contributed by atoms with Crippen LogP contribution in [0.2, 0.25) is 0 Å². The van der Waals surface area contributed by atoms with Gasteiger partial charge >= 0.3 is 5.97 Å². The molecule has 0 saturated heterocycles. The molecule has 0 aromatic carbocycles. The standard InChI is InChI=1S/C11H16N2O4S2/c1-17-10(14)3-2-6-19(15,16)13-11-12-9(7-18-11)8-4-5-8/h7-8H,2-6H2,1H3,(H,12,13). The molecule has 19 heavy (non-hydrogen) atoms. The van der Waals surface area contributed by atoms with Crippen LogP contribution in [-0.4, -0.2) is 32.2 Å². The summed E-state index contributed by atoms with van der Waals surface area (Å²) in [6.07, 6.45) is 2.61. The van der Waals surface area contributed by atoms with Gasteiger partial charge in [-0.25, -0.2) is 13.4 Å². The molecule has 106 valence electrons. The van der Waals surface area contributed by atoms with Crippen LogP contribution in [0.5, 0.6) is 0 Å². The molecule has 1 aromatic heterocycles. The van der Waals surface area contributed by atoms with Crippen LogP contribution in [0.4, 0.5) is 5.13 Å². The zero-order valence-electron chi connectivity index (χ0n) is 10.6. The number of hydrogen-bond acceptors (Lipinski definition) is 6. The van der Waals surface area contributed by atoms with Crippen molar-refractivity contribution >= 4 is 32.5 Å². The number of ether oxygens (including phenoxy) is 1. The molecule has 1 heterocycles. The summed E-state index contributed by atoms with van der Waals surface area (Å²) in [5.41, 5.74) is 0.970. The number of methoxy groups -OCH3 is 1. The third-order valence-corrected chi connectivity index (χ3v) is 5.02. The minimum absolute atomic E-state index is 0.0998. The largest absolute Gasteiger partial charge is 0.469 e. The Kier molecular flexibility index (Phi) is 4.41. The van der Waals surface area contributed by atoms with E-state index in [1.165, 1.54) is 18.4 Å². The Hall–Kier alpha value is -1.15. The number of rotatable bonds is 7. The molecule has 1 saturated carbocycles. The fourth-order valence-electron chi connectivity index (χ4n) is 1.59. The van der Waals surface area contributed by atoms with Gasteiger partial charge in [0.15, 0.2) is 5.13 Å². The Balaban J connectivity index is 1.83. The first-order valence-electron chi connectivity index (χ1n) is 6.03. The van der Waals surface area contributed by atoms with Gasteiger partial charge < -0.3 is 4.74 Å². The molecule has 1 aliphatic rings. The number of aromatic nitrogens is 1. The highest BCUT2D eigenvalue weighted by Crippen LogP contribution is 2.40. The molecular weight excluding hydrogens is 288 g/mol. The Morgan fingerprint density at radius 1 is 1.58 bits per heavy atom. The third-order valence-electron chi connectivity index (χ3n) is 2.78. The molecule has 0 bridgehead atoms. The van der Waals surface area contributed by atoms with E-state index in [0.29, 0.717) is 11.0 Å². The Bertz CT molecular complexity index is 549. The number of thiazole rings is 1. The normalized spacial score (nSPS) is 15.2. The van der Waals surface area contributed by atoms with Crippen LogP contribution in [0.25, 0.3) is 0 Å². The zero-order chi connectivity index (χ0) is 13.9. The summed E-state index contributed by atoms with van der Waals surface area (Å²) in [7, 11) is -2.16. The number of esters is 1. The molecule has 8 heteroatoms. The van der Waals surface area contributed by atoms with Crippen molar-refractivity contribution in [3.05, 3.63) is 11.1 Å². The maximum absolute atomic E-state index is 11.8. The van der Waals surface area contributed by atoms with E-state index in [1.807, 2.05) is 5.38 Å². The van der Waals surface area contributed by atoms with E-state index >= 15 is 0 Å². The van der Waals surface area contributed by atoms with Crippen LogP contribution in [0.3, 0.4) is 0 Å². The molecule has 1 aromatic rings. The Morgan fingerprint density at radius 3 is 2.95 bits per heavy atom. The quantitative estimate of drug-likeness (QED) is 0.775. The lowest BCUT2D eigenvalue weighted by Crippen LogP contribution is -2.17. The molecular formula is C11H16N2O4S2. The maximum Gasteiger partial charge on any atom is 0.305 e. The Morgan fingerprint density at radius 2 is 2.32 bits per heavy atom. The van der Waals surface area contributed by atoms with Crippen molar-refractivity contribution in [3.8, 4) is 0 Å². The number of carbonyl (C=O) groups is 1. The van der Waals surface area contributed by atoms with Crippen LogP contribution in [0, 0.1) is 0 Å². The molecule has 1 N–H and O–H groups in total. The van der Waals surface area contributed by atoms with E-state index in [1.54, 1.807) is 0 Å². The number of anilines is 1. The second-order valence-electron chi connectivity index (χ2n) is 4.45. The molecule has 1 aliphatic carbocycles. The monoisotopic (exact) mass is 304 g/mol. The lowest BCUT2D eigenvalue weighted by atomic mass is 10.3. The van der Waals surface area contributed by atoms with Gasteiger partial charge in [0, 0.05) is 17.7 Å². The van der Waals surface area contributed by atoms with Crippen LogP contribution in [-0.2, 0) is 19.6 Å². The van der Waals surface area contributed by atoms with E-state index < -0.39 is 16.0 Å². The third kappa shape index (κ3) is 4.46. The van der Waals surface area contributed by atoms with E-state index in [4.69, 9.17) is 0 Å². The van der Waals surface area contributed by atoms with Gasteiger partial charge in [0.2, 0.25) is 10.0 Å². The van der Waals surface area contributed by atoms with Crippen LogP contribution >= 0.6 is 11.3 Å². The number of hydrogen-bond donors (Lipinski definition) is 1. The van der Waals surface area contributed by atoms with Crippen LogP contribution in [0.1, 0.15) is 37.3 Å². The molecule has 0 amide bonds. The minimum Gasteiger partial charge on any atom is -0.469 e. The van der Waals surface area contributed by atoms with Gasteiger partial charge in [0.05, 0.1) is 18.6 Å². The molecule has 0 spiro atoms. The van der Waals surface area contributed by atoms with Crippen molar-refractivity contribution in [2.45, 2.75) is 31.6 Å². The smallest absolute Gasteiger partial charge is 0.305 e. The maximum atomic E-state index is 11.8. The molecule has 0 aliphatic heterocycles. The van der Waals surface area contributed by atoms with Gasteiger partial charge in [-0.2, -0.15) is 0 Å². The number of sulfonamides is 1. The van der Waals surface area contributed by atoms with Crippen molar-refractivity contribution in [1.29, 1.82) is 0 Å². The van der Waals surface area contributed by atoms with Crippen molar-refractivity contribution in [2.24, 2.45) is 0 Å². The second-order valence-corrected chi connectivity index (χ2v) is 7.15. The molecule has 6 nitrogen and oxygen atoms in total. The van der Waals surface area contributed by atoms with Gasteiger partial charge in [-0.3, -0.25) is 9.52 Å². The summed E-state index contributed by atoms with van der Waals surface area (Å²) in [4.78, 5) is 15.1. The van der Waals surface area contributed by atoms with Crippen molar-refractivity contribution < 1.29 is 17.9 Å². The summed E-state index contributed by atoms with van der Waals surface area (Å²) in [6.45, 7) is 0. The predicted octanol–water partition coefficient (Wildman–Crippen LogP) is 1.72. The van der Waals surface area contributed by atoms with E-state index in [2.05, 4.69) is 14.4 Å². The second kappa shape index (κ2) is 5.87. The van der Waals surface area contributed by atoms with E-state index in [-0.39, 0.29) is 18.6 Å². The van der Waals surface area contributed by atoms with Gasteiger partial charge in [0.25, 0.3) is 0 Å². The molecule has 0 atom stereocenters. The SMILES string of the molecule is COC(=O)CCCS(=O)(=O)Nc1nc(C2CC2)cs1. The van der Waals surface area contributed by atoms with Crippen molar-refractivity contribution in [3.63, 3.8) is 0 Å². The number of nitrogens with one attached hydrogen (secondary N) is 1. The highest BCUT2D eigenvalue weighted by molar-refractivity contribution is 7.92. The summed E-state index contributed by atoms with van der Waals surface area (Å²) in [5.74, 6) is -0.00484. The van der Waals surface area contributed by atoms with Crippen LogP contribution in [0.15, 0.2) is 5.38 Å². The summed E-state index contributed by atoms with van der Waals surface area (Å²) in [6, 6.07) is 0. The first-order chi connectivity index (χ1) is 9.00. The fourth-order valence-corrected chi connectivity index (χ4v) is 3.74. The number of nitrogens with zero attached hydrogens (tertiary/aromatic N) is 1. The Labute approximate surface area is 116 Å². The van der Waals surface area contributed by atoms with E-state index in [9.17, 15) is 13.2 Å². The van der Waals surface area contributed by atoms with Crippen molar-refractivity contribution in [2.75, 3.05) is 17.6 Å². The molecule has 1 fully saturated rings. The topological polar surface area (TPSA) is 85.4 Å². The van der Waals surface area contributed by atoms with Gasteiger partial charge in [-0.15, -0.1) is 11.3 Å². The minimum atomic E-state index is -3.44. The van der Waals surface area contributed by atoms with Gasteiger partial charge in [-0.1, -0.05) is 0 Å². The lowest BCUT2D eigenvalue weighted by molar-refractivity contribution is -0.140. The molecule has 0 unspecified atom stereocenters. The zero-order valence-corrected chi connectivity index (χ0v) is 12.2. The van der Waals surface area contributed by atoms with Crippen molar-refractivity contribution in [1.82, 2.24) is 4.98 Å².